The number of aromatic nitrogens is 4. The number of nitrogens with one attached hydrogen (secondary N) is 1. The van der Waals surface area contributed by atoms with Crippen molar-refractivity contribution in [2.75, 3.05) is 6.54 Å². The maximum Gasteiger partial charge on any atom is 0.408 e. The smallest absolute Gasteiger partial charge is 0.408 e. The fourth-order valence-electron chi connectivity index (χ4n) is 5.04. The van der Waals surface area contributed by atoms with Crippen molar-refractivity contribution in [3.63, 3.8) is 0 Å². The van der Waals surface area contributed by atoms with Gasteiger partial charge in [-0.3, -0.25) is 9.20 Å². The molecule has 9 heteroatoms. The molecule has 3 aromatic heterocycles. The van der Waals surface area contributed by atoms with Gasteiger partial charge in [0.2, 0.25) is 5.91 Å². The average molecular weight is 489 g/mol. The highest BCUT2D eigenvalue weighted by atomic mass is 16.6. The molecule has 0 radical (unpaired) electrons. The summed E-state index contributed by atoms with van der Waals surface area (Å²) in [6.07, 6.45) is 5.32. The first kappa shape index (κ1) is 23.8. The normalized spacial score (nSPS) is 17.0. The highest BCUT2D eigenvalue weighted by Gasteiger charge is 2.38. The number of rotatable bonds is 5. The molecule has 1 aliphatic rings. The van der Waals surface area contributed by atoms with Crippen LogP contribution in [0.4, 0.5) is 4.79 Å². The second-order valence-electron chi connectivity index (χ2n) is 10.4. The summed E-state index contributed by atoms with van der Waals surface area (Å²) in [6, 6.07) is 12.8. The number of alkyl carbamates (subject to hydrolysis) is 1. The van der Waals surface area contributed by atoms with Crippen LogP contribution < -0.4 is 5.32 Å². The summed E-state index contributed by atoms with van der Waals surface area (Å²) in [5.41, 5.74) is 2.13. The number of pyridine rings is 1. The molecule has 5 rings (SSSR count). The van der Waals surface area contributed by atoms with Crippen LogP contribution in [-0.2, 0) is 23.0 Å². The Hall–Kier alpha value is -3.88. The van der Waals surface area contributed by atoms with Crippen LogP contribution in [0.3, 0.4) is 0 Å². The van der Waals surface area contributed by atoms with E-state index in [-0.39, 0.29) is 11.9 Å². The Morgan fingerprint density at radius 3 is 2.72 bits per heavy atom. The minimum Gasteiger partial charge on any atom is -0.444 e. The first-order valence-electron chi connectivity index (χ1n) is 12.3. The van der Waals surface area contributed by atoms with Gasteiger partial charge in [0.25, 0.3) is 0 Å². The third kappa shape index (κ3) is 4.65. The van der Waals surface area contributed by atoms with Gasteiger partial charge in [0, 0.05) is 43.3 Å². The number of carbonyl (C=O) groups excluding carboxylic acids is 2. The first-order valence-corrected chi connectivity index (χ1v) is 12.3. The van der Waals surface area contributed by atoms with Gasteiger partial charge in [0.15, 0.2) is 11.5 Å². The van der Waals surface area contributed by atoms with Crippen LogP contribution in [-0.4, -0.2) is 54.3 Å². The molecule has 2 amide bonds. The Balaban J connectivity index is 1.46. The zero-order valence-corrected chi connectivity index (χ0v) is 21.1. The second kappa shape index (κ2) is 9.29. The average Bonchev–Trinajstić information content (AvgIpc) is 3.54. The van der Waals surface area contributed by atoms with E-state index in [1.807, 2.05) is 75.8 Å². The van der Waals surface area contributed by atoms with E-state index in [4.69, 9.17) is 4.74 Å². The quantitative estimate of drug-likeness (QED) is 0.458. The van der Waals surface area contributed by atoms with Crippen molar-refractivity contribution in [2.24, 2.45) is 7.05 Å². The summed E-state index contributed by atoms with van der Waals surface area (Å²) in [6.45, 7) is 6.01. The van der Waals surface area contributed by atoms with Crippen LogP contribution in [0.1, 0.15) is 51.0 Å². The molecule has 1 fully saturated rings. The molecule has 1 saturated heterocycles. The summed E-state index contributed by atoms with van der Waals surface area (Å²) >= 11 is 0. The minimum atomic E-state index is -0.787. The van der Waals surface area contributed by atoms with Crippen LogP contribution in [0.5, 0.6) is 0 Å². The molecule has 0 bridgehead atoms. The molecule has 2 atom stereocenters. The topological polar surface area (TPSA) is 93.8 Å². The molecule has 1 aromatic carbocycles. The number of likely N-dealkylation sites (tertiary alicyclic amines) is 1. The number of aryl methyl sites for hydroxylation is 1. The summed E-state index contributed by atoms with van der Waals surface area (Å²) in [5, 5.41) is 12.6. The highest BCUT2D eigenvalue weighted by Crippen LogP contribution is 2.32. The van der Waals surface area contributed by atoms with Crippen LogP contribution in [0.2, 0.25) is 0 Å². The van der Waals surface area contributed by atoms with E-state index in [9.17, 15) is 9.59 Å². The lowest BCUT2D eigenvalue weighted by Gasteiger charge is -2.29. The molecule has 0 spiro atoms. The molecule has 36 heavy (non-hydrogen) atoms. The van der Waals surface area contributed by atoms with Gasteiger partial charge in [0.05, 0.1) is 6.04 Å². The summed E-state index contributed by atoms with van der Waals surface area (Å²) in [7, 11) is 1.98. The van der Waals surface area contributed by atoms with Crippen molar-refractivity contribution in [3.8, 4) is 0 Å². The SMILES string of the molecule is Cn1cc(C[C@H](NC(=O)OC(C)(C)C)C(=O)N2CCCC2c2nnc3ccccn23)c2ccccc21. The number of benzene rings is 1. The molecule has 1 N–H and O–H groups in total. The lowest BCUT2D eigenvalue weighted by Crippen LogP contribution is -2.50. The van der Waals surface area contributed by atoms with E-state index in [2.05, 4.69) is 15.5 Å². The maximum absolute atomic E-state index is 14.0. The van der Waals surface area contributed by atoms with E-state index in [1.165, 1.54) is 0 Å². The number of fused-ring (bicyclic) bond motifs is 2. The minimum absolute atomic E-state index is 0.149. The third-order valence-corrected chi connectivity index (χ3v) is 6.57. The third-order valence-electron chi connectivity index (χ3n) is 6.57. The molecule has 1 aliphatic heterocycles. The van der Waals surface area contributed by atoms with Gasteiger partial charge >= 0.3 is 6.09 Å². The van der Waals surface area contributed by atoms with E-state index in [0.717, 1.165) is 40.8 Å². The summed E-state index contributed by atoms with van der Waals surface area (Å²) in [5.74, 6) is 0.585. The van der Waals surface area contributed by atoms with Crippen molar-refractivity contribution >= 4 is 28.6 Å². The molecule has 9 nitrogen and oxygen atoms in total. The van der Waals surface area contributed by atoms with E-state index >= 15 is 0 Å². The number of carbonyl (C=O) groups is 2. The van der Waals surface area contributed by atoms with E-state index in [1.54, 1.807) is 20.8 Å². The lowest BCUT2D eigenvalue weighted by atomic mass is 10.0. The second-order valence-corrected chi connectivity index (χ2v) is 10.4. The highest BCUT2D eigenvalue weighted by molar-refractivity contribution is 5.89. The summed E-state index contributed by atoms with van der Waals surface area (Å²) in [4.78, 5) is 28.7. The first-order chi connectivity index (χ1) is 17.2. The van der Waals surface area contributed by atoms with Gasteiger partial charge < -0.3 is 19.5 Å². The number of hydrogen-bond donors (Lipinski definition) is 1. The number of amides is 2. The van der Waals surface area contributed by atoms with Crippen LogP contribution in [0.15, 0.2) is 54.9 Å². The van der Waals surface area contributed by atoms with Gasteiger partial charge in [-0.2, -0.15) is 0 Å². The molecule has 1 unspecified atom stereocenters. The zero-order chi connectivity index (χ0) is 25.4. The fraction of sp³-hybridized carbons (Fsp3) is 0.407. The number of ether oxygens (including phenoxy) is 1. The predicted octanol–water partition coefficient (Wildman–Crippen LogP) is 4.02. The Morgan fingerprint density at radius 1 is 1.14 bits per heavy atom. The molecular weight excluding hydrogens is 456 g/mol. The predicted molar refractivity (Wildman–Crippen MR) is 136 cm³/mol. The summed E-state index contributed by atoms with van der Waals surface area (Å²) < 4.78 is 9.49. The molecule has 188 valence electrons. The molecule has 0 saturated carbocycles. The number of para-hydroxylation sites is 1. The van der Waals surface area contributed by atoms with Crippen molar-refractivity contribution < 1.29 is 14.3 Å². The van der Waals surface area contributed by atoms with Gasteiger partial charge in [0.1, 0.15) is 11.6 Å². The van der Waals surface area contributed by atoms with Gasteiger partial charge in [-0.05, 0) is 57.4 Å². The Bertz CT molecular complexity index is 1420. The van der Waals surface area contributed by atoms with Crippen molar-refractivity contribution in [1.29, 1.82) is 0 Å². The van der Waals surface area contributed by atoms with Gasteiger partial charge in [-0.25, -0.2) is 4.79 Å². The number of nitrogens with zero attached hydrogens (tertiary/aromatic N) is 5. The molecule has 4 aromatic rings. The zero-order valence-electron chi connectivity index (χ0n) is 21.1. The van der Waals surface area contributed by atoms with Crippen LogP contribution in [0.25, 0.3) is 16.6 Å². The number of hydrogen-bond acceptors (Lipinski definition) is 5. The molecular formula is C27H32N6O3. The van der Waals surface area contributed by atoms with Crippen LogP contribution >= 0.6 is 0 Å². The Morgan fingerprint density at radius 2 is 1.92 bits per heavy atom. The maximum atomic E-state index is 14.0. The van der Waals surface area contributed by atoms with Crippen molar-refractivity contribution in [1.82, 2.24) is 29.4 Å². The Kier molecular flexibility index (Phi) is 6.15. The molecule has 4 heterocycles. The fourth-order valence-corrected chi connectivity index (χ4v) is 5.04. The van der Waals surface area contributed by atoms with Gasteiger partial charge in [-0.1, -0.05) is 24.3 Å². The molecule has 0 aliphatic carbocycles. The Labute approximate surface area is 210 Å². The largest absolute Gasteiger partial charge is 0.444 e. The van der Waals surface area contributed by atoms with E-state index in [0.29, 0.717) is 13.0 Å². The lowest BCUT2D eigenvalue weighted by molar-refractivity contribution is -0.134. The van der Waals surface area contributed by atoms with Gasteiger partial charge in [-0.15, -0.1) is 10.2 Å². The van der Waals surface area contributed by atoms with Crippen LogP contribution in [0, 0.1) is 0 Å². The van der Waals surface area contributed by atoms with E-state index < -0.39 is 17.7 Å². The monoisotopic (exact) mass is 488 g/mol. The van der Waals surface area contributed by atoms with Crippen molar-refractivity contribution in [3.05, 3.63) is 66.2 Å². The standard InChI is InChI=1S/C27H32N6O3/c1-27(2,3)36-26(35)28-20(16-18-17-31(4)21-11-6-5-10-19(18)21)25(34)32-15-9-12-22(32)24-30-29-23-13-7-8-14-33(23)24/h5-8,10-11,13-14,17,20,22H,9,12,15-16H2,1-4H3,(H,28,35)/t20-,22?/m0/s1. The van der Waals surface area contributed by atoms with Crippen molar-refractivity contribution in [2.45, 2.75) is 57.7 Å².